The maximum absolute atomic E-state index is 5.18. The Hall–Kier alpha value is -1.31. The van der Waals surface area contributed by atoms with E-state index in [0.717, 1.165) is 6.42 Å². The molecule has 0 radical (unpaired) electrons. The van der Waals surface area contributed by atoms with Gasteiger partial charge < -0.3 is 5.73 Å². The molecule has 1 aromatic rings. The third-order valence-electron chi connectivity index (χ3n) is 1.21. The fraction of sp³-hybridized carbons (Fsp3) is 0.125. The highest BCUT2D eigenvalue weighted by molar-refractivity contribution is 5.11. The van der Waals surface area contributed by atoms with E-state index in [0.29, 0.717) is 0 Å². The summed E-state index contributed by atoms with van der Waals surface area (Å²) in [5.41, 5.74) is 6.36. The fourth-order valence-electron chi connectivity index (χ4n) is 0.723. The minimum Gasteiger partial charge on any atom is -0.405 e. The van der Waals surface area contributed by atoms with Gasteiger partial charge in [-0.2, -0.15) is 0 Å². The molecule has 0 aliphatic rings. The summed E-state index contributed by atoms with van der Waals surface area (Å²) in [7, 11) is 0. The minimum atomic E-state index is 0.865. The van der Waals surface area contributed by atoms with Crippen molar-refractivity contribution < 1.29 is 0 Å². The lowest BCUT2D eigenvalue weighted by molar-refractivity contribution is 1.18. The molecule has 1 aromatic heterocycles. The third-order valence-corrected chi connectivity index (χ3v) is 1.21. The molecule has 0 atom stereocenters. The second-order valence-corrected chi connectivity index (χ2v) is 1.99. The van der Waals surface area contributed by atoms with Crippen molar-refractivity contribution in [3.63, 3.8) is 0 Å². The van der Waals surface area contributed by atoms with Crippen LogP contribution < -0.4 is 5.73 Å². The molecule has 1 heterocycles. The summed E-state index contributed by atoms with van der Waals surface area (Å²) in [6.07, 6.45) is 7.91. The smallest absolute Gasteiger partial charge is 0.0303 e. The van der Waals surface area contributed by atoms with Gasteiger partial charge >= 0.3 is 0 Å². The monoisotopic (exact) mass is 134 g/mol. The molecule has 0 aliphatic heterocycles. The number of hydrogen-bond donors (Lipinski definition) is 1. The van der Waals surface area contributed by atoms with Gasteiger partial charge in [0, 0.05) is 12.4 Å². The molecule has 0 saturated heterocycles. The van der Waals surface area contributed by atoms with Crippen LogP contribution in [0.4, 0.5) is 0 Å². The number of hydrogen-bond acceptors (Lipinski definition) is 2. The van der Waals surface area contributed by atoms with Crippen LogP contribution >= 0.6 is 0 Å². The van der Waals surface area contributed by atoms with Crippen LogP contribution in [0.15, 0.2) is 36.8 Å². The Morgan fingerprint density at radius 1 is 1.60 bits per heavy atom. The predicted octanol–water partition coefficient (Wildman–Crippen LogP) is 1.10. The van der Waals surface area contributed by atoms with Crippen LogP contribution in [0.5, 0.6) is 0 Å². The highest BCUT2D eigenvalue weighted by atomic mass is 14.6. The van der Waals surface area contributed by atoms with E-state index in [9.17, 15) is 0 Å². The van der Waals surface area contributed by atoms with Crippen LogP contribution in [0.25, 0.3) is 0 Å². The van der Waals surface area contributed by atoms with Crippen LogP contribution in [-0.4, -0.2) is 4.98 Å². The zero-order valence-electron chi connectivity index (χ0n) is 5.70. The summed E-state index contributed by atoms with van der Waals surface area (Å²) in [6, 6.07) is 3.94. The Kier molecular flexibility index (Phi) is 2.49. The van der Waals surface area contributed by atoms with Gasteiger partial charge in [-0.3, -0.25) is 4.98 Å². The summed E-state index contributed by atoms with van der Waals surface area (Å²) in [5, 5.41) is 0. The topological polar surface area (TPSA) is 38.9 Å². The Morgan fingerprint density at radius 3 is 3.10 bits per heavy atom. The van der Waals surface area contributed by atoms with Gasteiger partial charge in [0.15, 0.2) is 0 Å². The number of pyridine rings is 1. The highest BCUT2D eigenvalue weighted by Gasteiger charge is 1.84. The van der Waals surface area contributed by atoms with Gasteiger partial charge in [0.25, 0.3) is 0 Å². The Balaban J connectivity index is 2.59. The summed E-state index contributed by atoms with van der Waals surface area (Å²) in [4.78, 5) is 3.96. The Bertz CT molecular complexity index is 204. The van der Waals surface area contributed by atoms with E-state index in [1.54, 1.807) is 12.4 Å². The second kappa shape index (κ2) is 3.67. The molecule has 0 spiro atoms. The van der Waals surface area contributed by atoms with Crippen LogP contribution in [0.1, 0.15) is 5.56 Å². The molecule has 0 aliphatic carbocycles. The summed E-state index contributed by atoms with van der Waals surface area (Å²) < 4.78 is 0. The van der Waals surface area contributed by atoms with Crippen molar-refractivity contribution >= 4 is 0 Å². The first-order chi connectivity index (χ1) is 4.93. The average Bonchev–Trinajstić information content (AvgIpc) is 2.03. The average molecular weight is 134 g/mol. The van der Waals surface area contributed by atoms with Gasteiger partial charge in [-0.05, 0) is 24.3 Å². The summed E-state index contributed by atoms with van der Waals surface area (Å²) in [6.45, 7) is 0. The maximum atomic E-state index is 5.18. The zero-order chi connectivity index (χ0) is 7.23. The van der Waals surface area contributed by atoms with Crippen molar-refractivity contribution in [3.05, 3.63) is 42.4 Å². The minimum absolute atomic E-state index is 0.865. The molecule has 0 unspecified atom stereocenters. The van der Waals surface area contributed by atoms with Crippen LogP contribution in [0.3, 0.4) is 0 Å². The van der Waals surface area contributed by atoms with Gasteiger partial charge in [0.1, 0.15) is 0 Å². The lowest BCUT2D eigenvalue weighted by Crippen LogP contribution is -1.83. The van der Waals surface area contributed by atoms with E-state index in [4.69, 9.17) is 5.73 Å². The lowest BCUT2D eigenvalue weighted by Gasteiger charge is -1.91. The van der Waals surface area contributed by atoms with E-state index in [-0.39, 0.29) is 0 Å². The molecule has 0 amide bonds. The van der Waals surface area contributed by atoms with Gasteiger partial charge in [-0.15, -0.1) is 0 Å². The second-order valence-electron chi connectivity index (χ2n) is 1.99. The number of allylic oxidation sites excluding steroid dienone is 1. The van der Waals surface area contributed by atoms with E-state index in [1.807, 2.05) is 24.4 Å². The molecule has 2 nitrogen and oxygen atoms in total. The first kappa shape index (κ1) is 6.81. The van der Waals surface area contributed by atoms with Gasteiger partial charge in [0.05, 0.1) is 0 Å². The summed E-state index contributed by atoms with van der Waals surface area (Å²) >= 11 is 0. The highest BCUT2D eigenvalue weighted by Crippen LogP contribution is 1.96. The number of nitrogens with two attached hydrogens (primary N) is 1. The summed E-state index contributed by atoms with van der Waals surface area (Å²) in [5.74, 6) is 0. The van der Waals surface area contributed by atoms with E-state index < -0.39 is 0 Å². The predicted molar refractivity (Wildman–Crippen MR) is 41.3 cm³/mol. The number of aromatic nitrogens is 1. The molecular formula is C8H10N2. The molecule has 0 bridgehead atoms. The molecule has 1 rings (SSSR count). The third kappa shape index (κ3) is 1.90. The van der Waals surface area contributed by atoms with Gasteiger partial charge in [-0.1, -0.05) is 12.1 Å². The van der Waals surface area contributed by atoms with Crippen molar-refractivity contribution in [1.29, 1.82) is 0 Å². The van der Waals surface area contributed by atoms with Gasteiger partial charge in [0.2, 0.25) is 0 Å². The molecule has 0 aromatic carbocycles. The molecule has 0 saturated carbocycles. The molecule has 52 valence electrons. The lowest BCUT2D eigenvalue weighted by atomic mass is 10.2. The van der Waals surface area contributed by atoms with Crippen LogP contribution in [-0.2, 0) is 6.42 Å². The van der Waals surface area contributed by atoms with E-state index in [1.165, 1.54) is 5.56 Å². The van der Waals surface area contributed by atoms with Gasteiger partial charge in [-0.25, -0.2) is 0 Å². The zero-order valence-corrected chi connectivity index (χ0v) is 5.70. The SMILES string of the molecule is N/C=C/Cc1cccnc1. The molecular weight excluding hydrogens is 124 g/mol. The number of rotatable bonds is 2. The quantitative estimate of drug-likeness (QED) is 0.657. The Labute approximate surface area is 60.4 Å². The van der Waals surface area contributed by atoms with Crippen molar-refractivity contribution in [2.75, 3.05) is 0 Å². The fourth-order valence-corrected chi connectivity index (χ4v) is 0.723. The van der Waals surface area contributed by atoms with Crippen molar-refractivity contribution in [1.82, 2.24) is 4.98 Å². The van der Waals surface area contributed by atoms with Crippen molar-refractivity contribution in [3.8, 4) is 0 Å². The van der Waals surface area contributed by atoms with Crippen LogP contribution in [0, 0.1) is 0 Å². The molecule has 2 N–H and O–H groups in total. The van der Waals surface area contributed by atoms with Crippen LogP contribution in [0.2, 0.25) is 0 Å². The van der Waals surface area contributed by atoms with E-state index in [2.05, 4.69) is 4.98 Å². The molecule has 10 heavy (non-hydrogen) atoms. The first-order valence-corrected chi connectivity index (χ1v) is 3.19. The largest absolute Gasteiger partial charge is 0.405 e. The standard InChI is InChI=1S/C8H10N2/c9-5-1-3-8-4-2-6-10-7-8/h1-2,4-7H,3,9H2/b5-1+. The Morgan fingerprint density at radius 2 is 2.50 bits per heavy atom. The number of nitrogens with zero attached hydrogens (tertiary/aromatic N) is 1. The molecule has 0 fully saturated rings. The van der Waals surface area contributed by atoms with Crippen molar-refractivity contribution in [2.24, 2.45) is 5.73 Å². The maximum Gasteiger partial charge on any atom is 0.0303 e. The van der Waals surface area contributed by atoms with E-state index >= 15 is 0 Å². The first-order valence-electron chi connectivity index (χ1n) is 3.19. The molecule has 2 heteroatoms. The normalized spacial score (nSPS) is 10.4. The van der Waals surface area contributed by atoms with Crippen molar-refractivity contribution in [2.45, 2.75) is 6.42 Å².